The minimum absolute atomic E-state index is 0.185. The first-order chi connectivity index (χ1) is 38.4. The standard InChI is InChI=1S/C57H100N2O21/c1-4-6-8-10-12-14-16-17-18-19-21-23-25-27-29-31-44(67)59-38(39(64)30-28-26-24-22-20-15-13-11-9-7-5-2)36-75-54-49(71)48(70)51(43(35-62)77-54)78-55-50(72)53(47(69)42(34-61)76-55)80-57(56(73)74)32-40(65)45(58-37(3)63)52(79-57)46(68)41(66)33-60/h12,14,16-17,28,30,38-43,45-55,60-62,64-66,68-72H,4-11,13,15,18-27,29,31-36H2,1-3H3,(H,58,63)(H,59,67)(H,73,74)/b14-12-,17-16-,30-28+. The minimum Gasteiger partial charge on any atom is -0.477 e. The monoisotopic (exact) mass is 1150 g/mol. The van der Waals surface area contributed by atoms with Gasteiger partial charge < -0.3 is 100 Å². The maximum Gasteiger partial charge on any atom is 0.364 e. The number of rotatable bonds is 41. The number of aliphatic hydroxyl groups excluding tert-OH is 11. The highest BCUT2D eigenvalue weighted by Crippen LogP contribution is 2.38. The molecule has 14 N–H and O–H groups in total. The molecule has 464 valence electrons. The van der Waals surface area contributed by atoms with Gasteiger partial charge in [0.1, 0.15) is 67.1 Å². The van der Waals surface area contributed by atoms with E-state index in [1.807, 2.05) is 6.08 Å². The number of carbonyl (C=O) groups excluding carboxylic acids is 2. The molecule has 23 heteroatoms. The molecule has 3 fully saturated rings. The number of carboxylic acid groups (broad SMARTS) is 1. The van der Waals surface area contributed by atoms with Crippen LogP contribution in [0.3, 0.4) is 0 Å². The molecule has 0 saturated carbocycles. The fraction of sp³-hybridized carbons (Fsp3) is 0.842. The molecule has 3 saturated heterocycles. The summed E-state index contributed by atoms with van der Waals surface area (Å²) < 4.78 is 34.6. The highest BCUT2D eigenvalue weighted by Gasteiger charge is 2.60. The molecule has 0 spiro atoms. The van der Waals surface area contributed by atoms with Gasteiger partial charge in [-0.15, -0.1) is 0 Å². The zero-order chi connectivity index (χ0) is 59.0. The molecule has 3 heterocycles. The first-order valence-corrected chi connectivity index (χ1v) is 29.4. The van der Waals surface area contributed by atoms with Crippen LogP contribution in [-0.4, -0.2) is 215 Å². The van der Waals surface area contributed by atoms with E-state index < -0.39 is 155 Å². The van der Waals surface area contributed by atoms with Gasteiger partial charge in [-0.2, -0.15) is 0 Å². The summed E-state index contributed by atoms with van der Waals surface area (Å²) in [4.78, 5) is 38.3. The molecule has 18 unspecified atom stereocenters. The van der Waals surface area contributed by atoms with E-state index in [2.05, 4.69) is 48.8 Å². The molecule has 0 aliphatic carbocycles. The molecule has 2 amide bonds. The van der Waals surface area contributed by atoms with Gasteiger partial charge in [-0.25, -0.2) is 4.79 Å². The van der Waals surface area contributed by atoms with Gasteiger partial charge in [0.15, 0.2) is 12.6 Å². The van der Waals surface area contributed by atoms with E-state index in [0.717, 1.165) is 71.1 Å². The average Bonchev–Trinajstić information content (AvgIpc) is 3.47. The van der Waals surface area contributed by atoms with E-state index in [4.69, 9.17) is 28.4 Å². The highest BCUT2D eigenvalue weighted by atomic mass is 16.8. The first kappa shape index (κ1) is 71.2. The third-order valence-electron chi connectivity index (χ3n) is 14.8. The van der Waals surface area contributed by atoms with Crippen LogP contribution < -0.4 is 10.6 Å². The summed E-state index contributed by atoms with van der Waals surface area (Å²) in [7, 11) is 0. The second kappa shape index (κ2) is 39.5. The van der Waals surface area contributed by atoms with E-state index >= 15 is 0 Å². The van der Waals surface area contributed by atoms with Crippen LogP contribution in [0, 0.1) is 0 Å². The molecular weight excluding hydrogens is 1050 g/mol. The predicted octanol–water partition coefficient (Wildman–Crippen LogP) is 1.94. The Bertz CT molecular complexity index is 1790. The highest BCUT2D eigenvalue weighted by molar-refractivity contribution is 5.77. The first-order valence-electron chi connectivity index (χ1n) is 29.4. The SMILES string of the molecule is CCCCC/C=C\C=C/CCCCCCCCC(=O)NC(COC1OC(CO)C(OC2OC(CO)C(O)C(OC3(C(=O)O)CC(O)C(NC(C)=O)C(C(O)C(O)CO)O3)C2O)C(O)C1O)C(O)/C=C/CCCCCCCCCCC. The Morgan fingerprint density at radius 1 is 0.662 bits per heavy atom. The lowest BCUT2D eigenvalue weighted by Crippen LogP contribution is -2.70. The van der Waals surface area contributed by atoms with E-state index in [1.165, 1.54) is 57.8 Å². The molecule has 18 atom stereocenters. The molecule has 3 aliphatic rings. The fourth-order valence-electron chi connectivity index (χ4n) is 10.0. The van der Waals surface area contributed by atoms with Gasteiger partial charge in [-0.3, -0.25) is 9.59 Å². The fourth-order valence-corrected chi connectivity index (χ4v) is 10.0. The van der Waals surface area contributed by atoms with Crippen molar-refractivity contribution >= 4 is 17.8 Å². The van der Waals surface area contributed by atoms with Crippen molar-refractivity contribution in [1.29, 1.82) is 0 Å². The average molecular weight is 1150 g/mol. The Balaban J connectivity index is 1.69. The maximum absolute atomic E-state index is 13.3. The zero-order valence-corrected chi connectivity index (χ0v) is 47.4. The van der Waals surface area contributed by atoms with Gasteiger partial charge >= 0.3 is 5.97 Å². The van der Waals surface area contributed by atoms with Gasteiger partial charge in [0.25, 0.3) is 5.79 Å². The number of hydrogen-bond acceptors (Lipinski definition) is 20. The second-order valence-corrected chi connectivity index (χ2v) is 21.5. The van der Waals surface area contributed by atoms with Crippen molar-refractivity contribution in [1.82, 2.24) is 10.6 Å². The third-order valence-corrected chi connectivity index (χ3v) is 14.8. The number of amides is 2. The lowest BCUT2D eigenvalue weighted by Gasteiger charge is -2.50. The van der Waals surface area contributed by atoms with Crippen molar-refractivity contribution in [2.24, 2.45) is 0 Å². The summed E-state index contributed by atoms with van der Waals surface area (Å²) in [6.45, 7) is 2.01. The summed E-state index contributed by atoms with van der Waals surface area (Å²) in [6, 6.07) is -2.62. The number of carboxylic acids is 1. The largest absolute Gasteiger partial charge is 0.477 e. The summed E-state index contributed by atoms with van der Waals surface area (Å²) >= 11 is 0. The maximum atomic E-state index is 13.3. The van der Waals surface area contributed by atoms with Crippen molar-refractivity contribution in [2.75, 3.05) is 26.4 Å². The Kier molecular flexibility index (Phi) is 35.1. The number of carbonyl (C=O) groups is 3. The summed E-state index contributed by atoms with van der Waals surface area (Å²) in [5.74, 6) is -6.16. The van der Waals surface area contributed by atoms with Crippen molar-refractivity contribution in [3.63, 3.8) is 0 Å². The number of aliphatic carboxylic acids is 1. The predicted molar refractivity (Wildman–Crippen MR) is 292 cm³/mol. The topological polar surface area (TPSA) is 373 Å². The van der Waals surface area contributed by atoms with Crippen LogP contribution in [0.1, 0.15) is 168 Å². The molecule has 23 nitrogen and oxygen atoms in total. The van der Waals surface area contributed by atoms with Crippen molar-refractivity contribution in [3.05, 3.63) is 36.5 Å². The van der Waals surface area contributed by atoms with Crippen LogP contribution in [0.25, 0.3) is 0 Å². The number of aliphatic hydroxyl groups is 11. The molecule has 0 aromatic rings. The Hall–Kier alpha value is -3.05. The zero-order valence-electron chi connectivity index (χ0n) is 47.4. The van der Waals surface area contributed by atoms with Crippen LogP contribution in [-0.2, 0) is 42.8 Å². The van der Waals surface area contributed by atoms with E-state index in [9.17, 15) is 75.7 Å². The van der Waals surface area contributed by atoms with Crippen LogP contribution in [0.2, 0.25) is 0 Å². The normalized spacial score (nSPS) is 30.9. The molecule has 3 aliphatic heterocycles. The molecule has 0 aromatic heterocycles. The van der Waals surface area contributed by atoms with Crippen LogP contribution >= 0.6 is 0 Å². The number of ether oxygens (including phenoxy) is 6. The molecular formula is C57H100N2O21. The van der Waals surface area contributed by atoms with Gasteiger partial charge in [-0.1, -0.05) is 140 Å². The summed E-state index contributed by atoms with van der Waals surface area (Å²) in [5, 5.41) is 135. The summed E-state index contributed by atoms with van der Waals surface area (Å²) in [5.41, 5.74) is 0. The van der Waals surface area contributed by atoms with Crippen molar-refractivity contribution < 1.29 is 104 Å². The van der Waals surface area contributed by atoms with Gasteiger partial charge in [0.05, 0.1) is 50.7 Å². The lowest BCUT2D eigenvalue weighted by atomic mass is 9.88. The van der Waals surface area contributed by atoms with Gasteiger partial charge in [-0.05, 0) is 44.9 Å². The van der Waals surface area contributed by atoms with E-state index in [1.54, 1.807) is 6.08 Å². The third kappa shape index (κ3) is 23.9. The molecule has 0 bridgehead atoms. The Labute approximate surface area is 472 Å². The number of unbranched alkanes of at least 4 members (excludes halogenated alkanes) is 18. The smallest absolute Gasteiger partial charge is 0.364 e. The van der Waals surface area contributed by atoms with Crippen molar-refractivity contribution in [2.45, 2.75) is 278 Å². The molecule has 3 rings (SSSR count). The van der Waals surface area contributed by atoms with Crippen LogP contribution in [0.15, 0.2) is 36.5 Å². The molecule has 0 radical (unpaired) electrons. The summed E-state index contributed by atoms with van der Waals surface area (Å²) in [6.07, 6.45) is 5.11. The van der Waals surface area contributed by atoms with Crippen LogP contribution in [0.5, 0.6) is 0 Å². The minimum atomic E-state index is -3.08. The van der Waals surface area contributed by atoms with Gasteiger partial charge in [0, 0.05) is 19.8 Å². The van der Waals surface area contributed by atoms with Crippen LogP contribution in [0.4, 0.5) is 0 Å². The number of hydrogen-bond donors (Lipinski definition) is 14. The number of nitrogens with one attached hydrogen (secondary N) is 2. The Morgan fingerprint density at radius 3 is 1.76 bits per heavy atom. The second-order valence-electron chi connectivity index (χ2n) is 21.5. The van der Waals surface area contributed by atoms with E-state index in [-0.39, 0.29) is 12.3 Å². The lowest BCUT2D eigenvalue weighted by molar-refractivity contribution is -0.386. The van der Waals surface area contributed by atoms with Crippen molar-refractivity contribution in [3.8, 4) is 0 Å². The molecule has 80 heavy (non-hydrogen) atoms. The van der Waals surface area contributed by atoms with E-state index in [0.29, 0.717) is 12.8 Å². The molecule has 0 aromatic carbocycles. The number of allylic oxidation sites excluding steroid dienone is 5. The quantitative estimate of drug-likeness (QED) is 0.0236. The Morgan fingerprint density at radius 2 is 1.20 bits per heavy atom. The van der Waals surface area contributed by atoms with Gasteiger partial charge in [0.2, 0.25) is 11.8 Å².